The molecule has 0 saturated carbocycles. The molecule has 0 rings (SSSR count). The van der Waals surface area contributed by atoms with Crippen LogP contribution < -0.4 is 0 Å². The number of esters is 4. The number of carbonyl (C=O) groups excluding carboxylic acids is 4. The lowest BCUT2D eigenvalue weighted by molar-refractivity contribution is -0.161. The van der Waals surface area contributed by atoms with Gasteiger partial charge in [0.25, 0.3) is 0 Å². The normalized spacial score (nSPS) is 14.2. The van der Waals surface area contributed by atoms with E-state index in [2.05, 4.69) is 88.5 Å². The van der Waals surface area contributed by atoms with E-state index in [1.165, 1.54) is 148 Å². The van der Waals surface area contributed by atoms with E-state index in [1.54, 1.807) is 0 Å². The molecule has 0 radical (unpaired) electrons. The Kier molecular flexibility index (Phi) is 73.1. The van der Waals surface area contributed by atoms with Crippen molar-refractivity contribution in [2.45, 2.75) is 393 Å². The van der Waals surface area contributed by atoms with Crippen LogP contribution in [0.5, 0.6) is 0 Å². The third-order valence-electron chi connectivity index (χ3n) is 17.6. The second kappa shape index (κ2) is 75.7. The maximum absolute atomic E-state index is 13.1. The van der Waals surface area contributed by atoms with E-state index in [9.17, 15) is 43.2 Å². The van der Waals surface area contributed by atoms with Crippen molar-refractivity contribution in [3.05, 3.63) is 72.9 Å². The molecule has 0 heterocycles. The van der Waals surface area contributed by atoms with Gasteiger partial charge in [-0.3, -0.25) is 37.3 Å². The summed E-state index contributed by atoms with van der Waals surface area (Å²) in [4.78, 5) is 73.0. The average molecular weight is 1480 g/mol. The fourth-order valence-electron chi connectivity index (χ4n) is 11.3. The third kappa shape index (κ3) is 74.8. The average Bonchev–Trinajstić information content (AvgIpc) is 0.923. The first-order valence-corrected chi connectivity index (χ1v) is 44.2. The molecule has 17 nitrogen and oxygen atoms in total. The summed E-state index contributed by atoms with van der Waals surface area (Å²) in [6, 6.07) is 0. The van der Waals surface area contributed by atoms with Crippen LogP contribution in [0.25, 0.3) is 0 Å². The van der Waals surface area contributed by atoms with Crippen LogP contribution in [0.1, 0.15) is 374 Å². The van der Waals surface area contributed by atoms with Gasteiger partial charge in [-0.05, 0) is 116 Å². The zero-order chi connectivity index (χ0) is 74.6. The molecule has 3 N–H and O–H groups in total. The quantitative estimate of drug-likeness (QED) is 0.0169. The Bertz CT molecular complexity index is 2210. The second-order valence-corrected chi connectivity index (χ2v) is 30.6. The fraction of sp³-hybridized carbons (Fsp3) is 0.807. The third-order valence-corrected chi connectivity index (χ3v) is 19.5. The van der Waals surface area contributed by atoms with Crippen LogP contribution in [-0.4, -0.2) is 96.7 Å². The molecule has 0 aliphatic carbocycles. The van der Waals surface area contributed by atoms with E-state index in [-0.39, 0.29) is 25.7 Å². The van der Waals surface area contributed by atoms with Gasteiger partial charge in [0.1, 0.15) is 19.3 Å². The monoisotopic (exact) mass is 1480 g/mol. The van der Waals surface area contributed by atoms with Crippen molar-refractivity contribution >= 4 is 39.5 Å². The predicted octanol–water partition coefficient (Wildman–Crippen LogP) is 24.0. The van der Waals surface area contributed by atoms with Gasteiger partial charge in [-0.15, -0.1) is 0 Å². The number of phosphoric ester groups is 2. The van der Waals surface area contributed by atoms with Crippen molar-refractivity contribution in [2.75, 3.05) is 39.6 Å². The van der Waals surface area contributed by atoms with Crippen LogP contribution >= 0.6 is 15.6 Å². The van der Waals surface area contributed by atoms with Gasteiger partial charge in [0.05, 0.1) is 26.4 Å². The number of unbranched alkanes of at least 4 members (excludes halogenated alkanes) is 40. The highest BCUT2D eigenvalue weighted by molar-refractivity contribution is 7.47. The lowest BCUT2D eigenvalue weighted by Gasteiger charge is -2.21. The van der Waals surface area contributed by atoms with Crippen LogP contribution in [0.2, 0.25) is 0 Å². The lowest BCUT2D eigenvalue weighted by atomic mass is 10.0. The topological polar surface area (TPSA) is 237 Å². The molecular weight excluding hydrogens is 1330 g/mol. The molecule has 2 unspecified atom stereocenters. The molecule has 0 aromatic heterocycles. The Hall–Kier alpha value is -3.50. The molecule has 0 bridgehead atoms. The summed E-state index contributed by atoms with van der Waals surface area (Å²) in [6.45, 7) is 4.83. The zero-order valence-electron chi connectivity index (χ0n) is 65.0. The summed E-state index contributed by atoms with van der Waals surface area (Å²) in [5, 5.41) is 10.6. The summed E-state index contributed by atoms with van der Waals surface area (Å²) < 4.78 is 68.6. The largest absolute Gasteiger partial charge is 0.472 e. The predicted molar refractivity (Wildman–Crippen MR) is 418 cm³/mol. The number of aliphatic hydroxyl groups excluding tert-OH is 1. The molecular formula is C83H150O17P2. The van der Waals surface area contributed by atoms with Gasteiger partial charge in [0.2, 0.25) is 0 Å². The van der Waals surface area contributed by atoms with E-state index in [4.69, 9.17) is 37.0 Å². The molecule has 0 spiro atoms. The van der Waals surface area contributed by atoms with Crippen molar-refractivity contribution in [3.63, 3.8) is 0 Å². The van der Waals surface area contributed by atoms with Crippen molar-refractivity contribution in [1.82, 2.24) is 0 Å². The fourth-order valence-corrected chi connectivity index (χ4v) is 12.9. The Morgan fingerprint density at radius 1 is 0.275 bits per heavy atom. The van der Waals surface area contributed by atoms with E-state index in [0.29, 0.717) is 32.1 Å². The highest BCUT2D eigenvalue weighted by Crippen LogP contribution is 2.45. The minimum absolute atomic E-state index is 0.0810. The highest BCUT2D eigenvalue weighted by atomic mass is 31.2. The minimum Gasteiger partial charge on any atom is -0.462 e. The molecule has 0 amide bonds. The van der Waals surface area contributed by atoms with Crippen LogP contribution in [0.15, 0.2) is 72.9 Å². The van der Waals surface area contributed by atoms with Crippen molar-refractivity contribution in [3.8, 4) is 0 Å². The summed E-state index contributed by atoms with van der Waals surface area (Å²) in [7, 11) is -9.96. The van der Waals surface area contributed by atoms with Gasteiger partial charge in [-0.25, -0.2) is 9.13 Å². The number of rotatable bonds is 78. The number of carbonyl (C=O) groups is 4. The Morgan fingerprint density at radius 2 is 0.490 bits per heavy atom. The summed E-state index contributed by atoms with van der Waals surface area (Å²) in [6.07, 6.45) is 77.3. The van der Waals surface area contributed by atoms with Crippen LogP contribution in [0.4, 0.5) is 0 Å². The minimum atomic E-state index is -4.99. The molecule has 102 heavy (non-hydrogen) atoms. The van der Waals surface area contributed by atoms with Crippen LogP contribution in [0, 0.1) is 0 Å². The van der Waals surface area contributed by atoms with Crippen molar-refractivity contribution < 1.29 is 80.2 Å². The Morgan fingerprint density at radius 3 is 0.814 bits per heavy atom. The number of hydrogen-bond donors (Lipinski definition) is 3. The van der Waals surface area contributed by atoms with Gasteiger partial charge in [0.15, 0.2) is 12.2 Å². The molecule has 0 aliphatic rings. The summed E-state index contributed by atoms with van der Waals surface area (Å²) >= 11 is 0. The first-order chi connectivity index (χ1) is 49.7. The standard InChI is InChI=1S/C83H150O17P2/c1-5-9-13-17-21-25-29-33-37-38-42-44-48-52-56-60-64-68-81(86)94-74-79(100-83(88)70-66-62-58-54-50-46-41-36-32-28-24-20-16-12-8-4)76-98-102(91,92)96-72-77(84)71-95-101(89,90)97-75-78(99-82(87)69-65-61-57-53-49-45-40-35-31-27-23-19-15-11-7-3)73-93-80(85)67-63-59-55-51-47-43-39-34-30-26-22-18-14-10-6-2/h21,25,28,32-34,37,39,42,44,52,56,77-79,84H,5-20,22-24,26-27,29-31,35-36,38,40-41,43,45-51,53-55,57-76H2,1-4H3,(H,89,90)(H,91,92)/b25-21-,32-28-,37-33-,39-34-,44-42-,56-52-/t77-,78+,79+/m0/s1. The van der Waals surface area contributed by atoms with E-state index >= 15 is 0 Å². The van der Waals surface area contributed by atoms with Gasteiger partial charge in [-0.2, -0.15) is 0 Å². The maximum atomic E-state index is 13.1. The number of phosphoric acid groups is 2. The molecule has 0 fully saturated rings. The lowest BCUT2D eigenvalue weighted by Crippen LogP contribution is -2.30. The van der Waals surface area contributed by atoms with E-state index in [0.717, 1.165) is 141 Å². The molecule has 0 saturated heterocycles. The van der Waals surface area contributed by atoms with Gasteiger partial charge in [0, 0.05) is 25.7 Å². The first kappa shape index (κ1) is 98.5. The molecule has 0 aliphatic heterocycles. The highest BCUT2D eigenvalue weighted by Gasteiger charge is 2.30. The number of hydrogen-bond acceptors (Lipinski definition) is 15. The number of allylic oxidation sites excluding steroid dienone is 12. The molecule has 0 aromatic carbocycles. The van der Waals surface area contributed by atoms with Crippen molar-refractivity contribution in [1.29, 1.82) is 0 Å². The molecule has 19 heteroatoms. The van der Waals surface area contributed by atoms with E-state index in [1.807, 2.05) is 12.2 Å². The molecule has 594 valence electrons. The Balaban J connectivity index is 5.38. The second-order valence-electron chi connectivity index (χ2n) is 27.7. The number of aliphatic hydroxyl groups is 1. The van der Waals surface area contributed by atoms with E-state index < -0.39 is 97.5 Å². The molecule has 5 atom stereocenters. The zero-order valence-corrected chi connectivity index (χ0v) is 66.8. The first-order valence-electron chi connectivity index (χ1n) is 41.2. The van der Waals surface area contributed by atoms with Gasteiger partial charge in [-0.1, -0.05) is 306 Å². The smallest absolute Gasteiger partial charge is 0.462 e. The van der Waals surface area contributed by atoms with Crippen LogP contribution in [-0.2, 0) is 65.4 Å². The molecule has 0 aromatic rings. The van der Waals surface area contributed by atoms with Crippen molar-refractivity contribution in [2.24, 2.45) is 0 Å². The number of ether oxygens (including phenoxy) is 4. The maximum Gasteiger partial charge on any atom is 0.472 e. The SMILES string of the molecule is CCCCC/C=C\C/C=C\C/C=C\C/C=C\CCCC(=O)OC[C@H](COP(=O)(O)OC[C@@H](O)COP(=O)(O)OC[C@@H](COC(=O)CCCCCCC/C=C\CCCCCCCC)OC(=O)CCCCCCCCCCCCCCCCC)OC(=O)CCCCCCCCC/C=C\CCCCCC. The summed E-state index contributed by atoms with van der Waals surface area (Å²) in [5.74, 6) is -2.22. The van der Waals surface area contributed by atoms with Gasteiger partial charge >= 0.3 is 39.5 Å². The van der Waals surface area contributed by atoms with Gasteiger partial charge < -0.3 is 33.8 Å². The Labute approximate surface area is 622 Å². The van der Waals surface area contributed by atoms with Crippen LogP contribution in [0.3, 0.4) is 0 Å². The summed E-state index contributed by atoms with van der Waals surface area (Å²) in [5.41, 5.74) is 0.